The number of thiazole rings is 1. The smallest absolute Gasteiger partial charge is 0.260 e. The fourth-order valence-electron chi connectivity index (χ4n) is 9.64. The summed E-state index contributed by atoms with van der Waals surface area (Å²) < 4.78 is 5.83. The number of carbonyl (C=O) groups is 4. The maximum absolute atomic E-state index is 14.2. The number of para-hydroxylation sites is 1. The van der Waals surface area contributed by atoms with Crippen LogP contribution in [0.15, 0.2) is 78.4 Å². The predicted octanol–water partition coefficient (Wildman–Crippen LogP) is 7.07. The van der Waals surface area contributed by atoms with E-state index in [9.17, 15) is 24.3 Å². The Hall–Kier alpha value is -6.63. The second-order valence-corrected chi connectivity index (χ2v) is 20.7. The van der Waals surface area contributed by atoms with Crippen molar-refractivity contribution in [3.8, 4) is 16.2 Å². The molecule has 0 saturated carbocycles. The number of likely N-dealkylation sites (tertiary alicyclic amines) is 1. The Morgan fingerprint density at radius 1 is 0.915 bits per heavy atom. The molecule has 0 radical (unpaired) electrons. The van der Waals surface area contributed by atoms with Gasteiger partial charge in [0.05, 0.1) is 58.5 Å². The van der Waals surface area contributed by atoms with Crippen molar-refractivity contribution in [2.45, 2.75) is 91.0 Å². The molecule has 17 nitrogen and oxygen atoms in total. The highest BCUT2D eigenvalue weighted by Gasteiger charge is 2.45. The number of piperazine rings is 1. The van der Waals surface area contributed by atoms with E-state index < -0.39 is 23.6 Å². The van der Waals surface area contributed by atoms with Crippen molar-refractivity contribution in [1.29, 1.82) is 0 Å². The molecule has 4 atom stereocenters. The summed E-state index contributed by atoms with van der Waals surface area (Å²) >= 11 is 1.58. The summed E-state index contributed by atoms with van der Waals surface area (Å²) in [4.78, 5) is 79.1. The number of nitrogens with zero attached hydrogens (tertiary/aromatic N) is 8. The number of aryl methyl sites for hydroxylation is 1. The van der Waals surface area contributed by atoms with Crippen LogP contribution >= 0.6 is 11.3 Å². The average molecular weight is 986 g/mol. The number of carbonyl (C=O) groups excluding carboxylic acids is 4. The number of fused-ring (bicyclic) bond motifs is 2. The molecule has 0 spiro atoms. The van der Waals surface area contributed by atoms with E-state index in [-0.39, 0.29) is 49.1 Å². The number of aliphatic hydroxyl groups is 1. The van der Waals surface area contributed by atoms with E-state index >= 15 is 0 Å². The van der Waals surface area contributed by atoms with Gasteiger partial charge >= 0.3 is 0 Å². The van der Waals surface area contributed by atoms with Gasteiger partial charge in [-0.25, -0.2) is 9.97 Å². The zero-order valence-corrected chi connectivity index (χ0v) is 42.9. The number of aromatic nitrogens is 3. The number of hydrogen-bond donors (Lipinski definition) is 4. The van der Waals surface area contributed by atoms with Crippen molar-refractivity contribution in [2.24, 2.45) is 5.41 Å². The Morgan fingerprint density at radius 3 is 2.37 bits per heavy atom. The lowest BCUT2D eigenvalue weighted by molar-refractivity contribution is -0.144. The summed E-state index contributed by atoms with van der Waals surface area (Å²) in [5.74, 6) is 0.607. The number of nitrogens with one attached hydrogen (secondary N) is 3. The van der Waals surface area contributed by atoms with Crippen molar-refractivity contribution in [3.63, 3.8) is 0 Å². The van der Waals surface area contributed by atoms with Crippen molar-refractivity contribution < 1.29 is 29.0 Å². The molecule has 2 fully saturated rings. The first-order valence-corrected chi connectivity index (χ1v) is 25.4. The van der Waals surface area contributed by atoms with Crippen LogP contribution < -0.4 is 35.4 Å². The second-order valence-electron chi connectivity index (χ2n) is 19.9. The van der Waals surface area contributed by atoms with Gasteiger partial charge in [0, 0.05) is 71.4 Å². The Morgan fingerprint density at radius 2 is 1.66 bits per heavy atom. The minimum Gasteiger partial charge on any atom is -0.494 e. The van der Waals surface area contributed by atoms with Crippen molar-refractivity contribution in [3.05, 3.63) is 95.3 Å². The van der Waals surface area contributed by atoms with Crippen molar-refractivity contribution in [2.75, 3.05) is 80.5 Å². The largest absolute Gasteiger partial charge is 0.494 e. The number of β-amino-alcohol motifs (C(OH)–C–C–N with tert-alkyl or cyclic N) is 1. The molecule has 0 bridgehead atoms. The predicted molar refractivity (Wildman–Crippen MR) is 279 cm³/mol. The SMILES string of the molecule is COc1cc(N2CCN(CCCCCC(=O)N[C@H](C(=O)N3C[C@H](O)C[C@H]3C(=O)N[C@@H](C)c3ccc(-c4scnc4C)cc3)C(C)(C)C)CC2)ccc1Nc1ncc2c(n1)N(C)c1ccccc1C(=O)N2C. The number of unbranched alkanes of at least 4 members (excludes halogenated alkanes) is 2. The second kappa shape index (κ2) is 21.8. The number of aliphatic hydroxyl groups excluding tert-OH is 1. The normalized spacial score (nSPS) is 18.1. The summed E-state index contributed by atoms with van der Waals surface area (Å²) in [5.41, 5.74) is 7.88. The quantitative estimate of drug-likeness (QED) is 0.0736. The van der Waals surface area contributed by atoms with E-state index in [4.69, 9.17) is 9.72 Å². The maximum Gasteiger partial charge on any atom is 0.260 e. The summed E-state index contributed by atoms with van der Waals surface area (Å²) in [5, 5.41) is 20.1. The lowest BCUT2D eigenvalue weighted by atomic mass is 9.85. The number of ether oxygens (including phenoxy) is 1. The Bertz CT molecular complexity index is 2720. The van der Waals surface area contributed by atoms with Crippen LogP contribution in [-0.2, 0) is 14.4 Å². The van der Waals surface area contributed by atoms with Crippen LogP contribution in [0.2, 0.25) is 0 Å². The number of rotatable bonds is 16. The van der Waals surface area contributed by atoms with Crippen molar-refractivity contribution in [1.82, 2.24) is 35.4 Å². The van der Waals surface area contributed by atoms with E-state index in [1.165, 1.54) is 4.90 Å². The van der Waals surface area contributed by atoms with Crippen LogP contribution in [0.4, 0.5) is 34.5 Å². The first-order valence-electron chi connectivity index (χ1n) is 24.5. The van der Waals surface area contributed by atoms with Crippen LogP contribution in [0.1, 0.15) is 87.5 Å². The molecule has 3 aliphatic heterocycles. The summed E-state index contributed by atoms with van der Waals surface area (Å²) in [6.45, 7) is 14.0. The van der Waals surface area contributed by atoms with Gasteiger partial charge in [-0.15, -0.1) is 11.3 Å². The van der Waals surface area contributed by atoms with Gasteiger partial charge in [-0.05, 0) is 74.0 Å². The minimum absolute atomic E-state index is 0.0221. The maximum atomic E-state index is 14.2. The van der Waals surface area contributed by atoms with Crippen LogP contribution in [0.25, 0.3) is 10.4 Å². The van der Waals surface area contributed by atoms with Crippen LogP contribution in [0, 0.1) is 12.3 Å². The first-order chi connectivity index (χ1) is 34.0. The fourth-order valence-corrected chi connectivity index (χ4v) is 10.4. The third kappa shape index (κ3) is 11.5. The Labute approximate surface area is 420 Å². The lowest BCUT2D eigenvalue weighted by Crippen LogP contribution is -2.57. The molecule has 8 rings (SSSR count). The molecule has 0 unspecified atom stereocenters. The van der Waals surface area contributed by atoms with Gasteiger partial charge in [0.2, 0.25) is 23.7 Å². The summed E-state index contributed by atoms with van der Waals surface area (Å²) in [6.07, 6.45) is 3.72. The van der Waals surface area contributed by atoms with Gasteiger partial charge in [0.15, 0.2) is 5.82 Å². The molecule has 0 aliphatic carbocycles. The van der Waals surface area contributed by atoms with E-state index in [1.54, 1.807) is 36.6 Å². The molecule has 2 aromatic heterocycles. The van der Waals surface area contributed by atoms with Gasteiger partial charge < -0.3 is 45.4 Å². The minimum atomic E-state index is -0.870. The molecule has 3 aromatic carbocycles. The number of hydrogen-bond acceptors (Lipinski definition) is 14. The number of amides is 4. The van der Waals surface area contributed by atoms with Crippen LogP contribution in [0.3, 0.4) is 0 Å². The topological polar surface area (TPSA) is 189 Å². The molecule has 3 aliphatic rings. The highest BCUT2D eigenvalue weighted by molar-refractivity contribution is 7.13. The average Bonchev–Trinajstić information content (AvgIpc) is 3.97. The van der Waals surface area contributed by atoms with Gasteiger partial charge in [0.25, 0.3) is 5.91 Å². The molecule has 71 heavy (non-hydrogen) atoms. The fraction of sp³-hybridized carbons (Fsp3) is 0.453. The summed E-state index contributed by atoms with van der Waals surface area (Å²) in [7, 11) is 5.27. The highest BCUT2D eigenvalue weighted by Crippen LogP contribution is 2.39. The Balaban J connectivity index is 0.777. The van der Waals surface area contributed by atoms with E-state index in [0.29, 0.717) is 35.2 Å². The van der Waals surface area contributed by atoms with E-state index in [0.717, 1.165) is 84.3 Å². The molecule has 4 N–H and O–H groups in total. The number of methoxy groups -OCH3 is 1. The highest BCUT2D eigenvalue weighted by atomic mass is 32.1. The monoisotopic (exact) mass is 985 g/mol. The molecular formula is C53H67N11O6S. The third-order valence-corrected chi connectivity index (χ3v) is 14.8. The number of anilines is 6. The standard InChI is InChI=1S/C53H67N11O6S/c1-33(35-17-19-36(20-18-35)46-34(2)55-32-71-46)56-49(67)42-29-38(65)31-64(42)51(69)47(53(3,4)5)58-45(66)16-10-9-13-23-62-24-26-63(27-25-62)37-21-22-40(44(28-37)70-8)57-52-54-30-43-48(59-52)60(6)41-15-12-11-14-39(41)50(68)61(43)7/h11-12,14-15,17-22,28,30,32-33,38,42,47,65H,9-10,13,16,23-27,29,31H2,1-8H3,(H,56,67)(H,58,66)(H,54,57,59)/t33-,38+,42-,47+/m0/s1. The molecule has 2 saturated heterocycles. The van der Waals surface area contributed by atoms with Crippen LogP contribution in [-0.4, -0.2) is 132 Å². The zero-order chi connectivity index (χ0) is 50.6. The lowest BCUT2D eigenvalue weighted by Gasteiger charge is -2.36. The van der Waals surface area contributed by atoms with Gasteiger partial charge in [-0.1, -0.05) is 63.6 Å². The zero-order valence-electron chi connectivity index (χ0n) is 42.1. The van der Waals surface area contributed by atoms with Crippen LogP contribution in [0.5, 0.6) is 5.75 Å². The molecule has 18 heteroatoms. The van der Waals surface area contributed by atoms with E-state index in [1.807, 2.05) is 113 Å². The van der Waals surface area contributed by atoms with Gasteiger partial charge in [0.1, 0.15) is 23.5 Å². The van der Waals surface area contributed by atoms with Gasteiger partial charge in [-0.3, -0.25) is 24.1 Å². The third-order valence-electron chi connectivity index (χ3n) is 13.8. The molecular weight excluding hydrogens is 919 g/mol. The molecule has 376 valence electrons. The summed E-state index contributed by atoms with van der Waals surface area (Å²) in [6, 6.07) is 19.5. The Kier molecular flexibility index (Phi) is 15.6. The van der Waals surface area contributed by atoms with E-state index in [2.05, 4.69) is 41.8 Å². The van der Waals surface area contributed by atoms with Gasteiger partial charge in [-0.2, -0.15) is 4.98 Å². The van der Waals surface area contributed by atoms with Crippen molar-refractivity contribution >= 4 is 69.5 Å². The molecule has 5 aromatic rings. The molecule has 5 heterocycles. The molecule has 4 amide bonds. The number of benzene rings is 3. The first kappa shape index (κ1) is 50.7.